The first kappa shape index (κ1) is 22.8. The van der Waals surface area contributed by atoms with Crippen LogP contribution in [0.4, 0.5) is 13.2 Å². The van der Waals surface area contributed by atoms with Gasteiger partial charge in [-0.3, -0.25) is 0 Å². The van der Waals surface area contributed by atoms with Gasteiger partial charge in [0.1, 0.15) is 0 Å². The van der Waals surface area contributed by atoms with E-state index in [0.29, 0.717) is 55.1 Å². The fourth-order valence-corrected chi connectivity index (χ4v) is 3.25. The number of thiazole rings is 1. The Balaban J connectivity index is 1.95. The molecule has 0 saturated carbocycles. The van der Waals surface area contributed by atoms with E-state index in [4.69, 9.17) is 9.47 Å². The Labute approximate surface area is 172 Å². The van der Waals surface area contributed by atoms with Crippen molar-refractivity contribution in [1.82, 2.24) is 15.6 Å². The van der Waals surface area contributed by atoms with E-state index in [1.165, 1.54) is 0 Å². The van der Waals surface area contributed by atoms with E-state index in [-0.39, 0.29) is 0 Å². The Kier molecular flexibility index (Phi) is 8.56. The lowest BCUT2D eigenvalue weighted by Crippen LogP contribution is -2.38. The molecular formula is C19H25F3N4O2S. The molecule has 1 aromatic heterocycles. The van der Waals surface area contributed by atoms with Gasteiger partial charge in [-0.1, -0.05) is 6.07 Å². The number of ether oxygens (including phenoxy) is 2. The number of nitrogens with zero attached hydrogens (tertiary/aromatic N) is 2. The zero-order chi connectivity index (χ0) is 21.3. The highest BCUT2D eigenvalue weighted by Gasteiger charge is 2.33. The molecule has 0 fully saturated rings. The maximum Gasteiger partial charge on any atom is 0.434 e. The molecule has 1 aromatic carbocycles. The standard InChI is InChI=1S/C19H25F3N4O2S/c1-4-23-18(24-9-8-17-26-16(12-29-17)19(20,21)22)25-11-13-6-7-14(27-3)15(10-13)28-5-2/h6-7,10,12H,4-5,8-9,11H2,1-3H3,(H2,23,24,25). The van der Waals surface area contributed by atoms with E-state index in [1.807, 2.05) is 32.0 Å². The minimum Gasteiger partial charge on any atom is -0.493 e. The van der Waals surface area contributed by atoms with Crippen LogP contribution in [-0.4, -0.2) is 37.7 Å². The molecule has 2 rings (SSSR count). The van der Waals surface area contributed by atoms with Gasteiger partial charge in [-0.15, -0.1) is 11.3 Å². The summed E-state index contributed by atoms with van der Waals surface area (Å²) in [6.45, 7) is 5.86. The van der Waals surface area contributed by atoms with E-state index in [1.54, 1.807) is 7.11 Å². The monoisotopic (exact) mass is 430 g/mol. The molecule has 0 aliphatic rings. The first-order valence-electron chi connectivity index (χ1n) is 9.20. The van der Waals surface area contributed by atoms with Crippen LogP contribution in [0, 0.1) is 0 Å². The maximum atomic E-state index is 12.6. The summed E-state index contributed by atoms with van der Waals surface area (Å²) in [6.07, 6.45) is -4.03. The smallest absolute Gasteiger partial charge is 0.434 e. The molecule has 10 heteroatoms. The topological polar surface area (TPSA) is 67.8 Å². The summed E-state index contributed by atoms with van der Waals surface area (Å²) in [5.74, 6) is 1.89. The summed E-state index contributed by atoms with van der Waals surface area (Å²) < 4.78 is 48.7. The largest absolute Gasteiger partial charge is 0.493 e. The van der Waals surface area contributed by atoms with Crippen LogP contribution < -0.4 is 20.1 Å². The molecule has 0 atom stereocenters. The molecule has 2 N–H and O–H groups in total. The number of benzene rings is 1. The minimum absolute atomic E-state index is 0.377. The normalized spacial score (nSPS) is 12.0. The van der Waals surface area contributed by atoms with Crippen molar-refractivity contribution in [2.75, 3.05) is 26.8 Å². The first-order valence-corrected chi connectivity index (χ1v) is 10.1. The number of rotatable bonds is 9. The second-order valence-corrected chi connectivity index (χ2v) is 6.86. The van der Waals surface area contributed by atoms with Crippen LogP contribution >= 0.6 is 11.3 Å². The third-order valence-electron chi connectivity index (χ3n) is 3.77. The number of methoxy groups -OCH3 is 1. The van der Waals surface area contributed by atoms with E-state index in [9.17, 15) is 13.2 Å². The number of aromatic nitrogens is 1. The average molecular weight is 430 g/mol. The molecule has 6 nitrogen and oxygen atoms in total. The van der Waals surface area contributed by atoms with E-state index in [2.05, 4.69) is 20.6 Å². The molecular weight excluding hydrogens is 405 g/mol. The lowest BCUT2D eigenvalue weighted by molar-refractivity contribution is -0.140. The Morgan fingerprint density at radius 3 is 2.62 bits per heavy atom. The molecule has 0 radical (unpaired) electrons. The summed E-state index contributed by atoms with van der Waals surface area (Å²) in [5, 5.41) is 7.70. The summed E-state index contributed by atoms with van der Waals surface area (Å²) in [7, 11) is 1.59. The number of guanidine groups is 1. The predicted molar refractivity (Wildman–Crippen MR) is 108 cm³/mol. The van der Waals surface area contributed by atoms with E-state index >= 15 is 0 Å². The van der Waals surface area contributed by atoms with Crippen molar-refractivity contribution < 1.29 is 22.6 Å². The maximum absolute atomic E-state index is 12.6. The molecule has 0 unspecified atom stereocenters. The fraction of sp³-hybridized carbons (Fsp3) is 0.474. The molecule has 0 saturated heterocycles. The molecule has 160 valence electrons. The van der Waals surface area contributed by atoms with E-state index < -0.39 is 11.9 Å². The average Bonchev–Trinajstić information content (AvgIpc) is 3.16. The van der Waals surface area contributed by atoms with Crippen molar-refractivity contribution >= 4 is 17.3 Å². The fourth-order valence-electron chi connectivity index (χ4n) is 2.44. The highest BCUT2D eigenvalue weighted by atomic mass is 32.1. The Morgan fingerprint density at radius 1 is 1.21 bits per heavy atom. The molecule has 0 bridgehead atoms. The highest BCUT2D eigenvalue weighted by Crippen LogP contribution is 2.30. The Hall–Kier alpha value is -2.49. The number of hydrogen-bond donors (Lipinski definition) is 2. The predicted octanol–water partition coefficient (Wildman–Crippen LogP) is 3.87. The number of alkyl halides is 3. The molecule has 29 heavy (non-hydrogen) atoms. The van der Waals surface area contributed by atoms with Crippen LogP contribution in [0.5, 0.6) is 11.5 Å². The number of aliphatic imine (C=N–C) groups is 1. The van der Waals surface area contributed by atoms with Crippen LogP contribution in [0.1, 0.15) is 30.1 Å². The zero-order valence-electron chi connectivity index (χ0n) is 16.6. The minimum atomic E-state index is -4.41. The van der Waals surface area contributed by atoms with E-state index in [0.717, 1.165) is 22.3 Å². The first-order chi connectivity index (χ1) is 13.9. The Morgan fingerprint density at radius 2 is 2.00 bits per heavy atom. The molecule has 0 aliphatic heterocycles. The van der Waals surface area contributed by atoms with Crippen molar-refractivity contribution in [2.24, 2.45) is 4.99 Å². The van der Waals surface area contributed by atoms with Gasteiger partial charge in [0, 0.05) is 24.9 Å². The second-order valence-electron chi connectivity index (χ2n) is 5.91. The third-order valence-corrected chi connectivity index (χ3v) is 4.67. The summed E-state index contributed by atoms with van der Waals surface area (Å²) in [6, 6.07) is 5.61. The van der Waals surface area contributed by atoms with Gasteiger partial charge in [-0.2, -0.15) is 13.2 Å². The van der Waals surface area contributed by atoms with Crippen LogP contribution in [0.15, 0.2) is 28.6 Å². The lowest BCUT2D eigenvalue weighted by atomic mass is 10.2. The quantitative estimate of drug-likeness (QED) is 0.467. The zero-order valence-corrected chi connectivity index (χ0v) is 17.4. The van der Waals surface area contributed by atoms with Gasteiger partial charge in [0.05, 0.1) is 25.3 Å². The second kappa shape index (κ2) is 10.9. The van der Waals surface area contributed by atoms with Crippen molar-refractivity contribution in [3.05, 3.63) is 39.8 Å². The van der Waals surface area contributed by atoms with Gasteiger partial charge in [-0.05, 0) is 31.5 Å². The van der Waals surface area contributed by atoms with Gasteiger partial charge in [-0.25, -0.2) is 9.98 Å². The summed E-state index contributed by atoms with van der Waals surface area (Å²) in [4.78, 5) is 8.15. The third kappa shape index (κ3) is 7.12. The van der Waals surface area contributed by atoms with Gasteiger partial charge in [0.2, 0.25) is 0 Å². The van der Waals surface area contributed by atoms with Gasteiger partial charge in [0.15, 0.2) is 23.2 Å². The number of halogens is 3. The number of hydrogen-bond acceptors (Lipinski definition) is 5. The van der Waals surface area contributed by atoms with Gasteiger partial charge >= 0.3 is 6.18 Å². The van der Waals surface area contributed by atoms with Crippen LogP contribution in [0.3, 0.4) is 0 Å². The van der Waals surface area contributed by atoms with Crippen LogP contribution in [-0.2, 0) is 19.1 Å². The van der Waals surface area contributed by atoms with Crippen molar-refractivity contribution in [1.29, 1.82) is 0 Å². The highest BCUT2D eigenvalue weighted by molar-refractivity contribution is 7.09. The molecule has 0 amide bonds. The molecule has 0 aliphatic carbocycles. The SMILES string of the molecule is CCNC(=NCc1ccc(OC)c(OCC)c1)NCCc1nc(C(F)(F)F)cs1. The summed E-state index contributed by atoms with van der Waals surface area (Å²) >= 11 is 1.00. The van der Waals surface area contributed by atoms with Gasteiger partial charge in [0.25, 0.3) is 0 Å². The van der Waals surface area contributed by atoms with Crippen molar-refractivity contribution in [3.8, 4) is 11.5 Å². The lowest BCUT2D eigenvalue weighted by Gasteiger charge is -2.12. The number of nitrogens with one attached hydrogen (secondary N) is 2. The van der Waals surface area contributed by atoms with Crippen molar-refractivity contribution in [3.63, 3.8) is 0 Å². The van der Waals surface area contributed by atoms with Crippen molar-refractivity contribution in [2.45, 2.75) is 33.0 Å². The molecule has 0 spiro atoms. The molecule has 1 heterocycles. The van der Waals surface area contributed by atoms with Crippen LogP contribution in [0.2, 0.25) is 0 Å². The molecule has 2 aromatic rings. The Bertz CT molecular complexity index is 809. The summed E-state index contributed by atoms with van der Waals surface area (Å²) in [5.41, 5.74) is 0.101. The van der Waals surface area contributed by atoms with Gasteiger partial charge < -0.3 is 20.1 Å². The van der Waals surface area contributed by atoms with Crippen LogP contribution in [0.25, 0.3) is 0 Å².